The third-order valence-corrected chi connectivity index (χ3v) is 6.98. The molecule has 4 rings (SSSR count). The highest BCUT2D eigenvalue weighted by Gasteiger charge is 2.47. The van der Waals surface area contributed by atoms with Gasteiger partial charge in [-0.05, 0) is 31.2 Å². The van der Waals surface area contributed by atoms with Crippen LogP contribution in [-0.4, -0.2) is 35.7 Å². The molecule has 1 aromatic rings. The Balaban J connectivity index is 1.34. The summed E-state index contributed by atoms with van der Waals surface area (Å²) in [5, 5.41) is 3.11. The lowest BCUT2D eigenvalue weighted by Crippen LogP contribution is -2.43. The SMILES string of the molecule is O=C(CCN1C(=O)[C@H]2CC=CC[C@H]2C1=O)NCC1(c2ccccc2)CCCCC1. The first-order valence-corrected chi connectivity index (χ1v) is 10.9. The fraction of sp³-hybridized carbons (Fsp3) is 0.542. The molecule has 29 heavy (non-hydrogen) atoms. The van der Waals surface area contributed by atoms with Gasteiger partial charge >= 0.3 is 0 Å². The number of likely N-dealkylation sites (tertiary alicyclic amines) is 1. The minimum absolute atomic E-state index is 0.00490. The van der Waals surface area contributed by atoms with Gasteiger partial charge in [0.05, 0.1) is 11.8 Å². The van der Waals surface area contributed by atoms with Gasteiger partial charge in [0.2, 0.25) is 17.7 Å². The summed E-state index contributed by atoms with van der Waals surface area (Å²) in [6, 6.07) is 10.5. The molecule has 0 unspecified atom stereocenters. The molecule has 1 aliphatic heterocycles. The van der Waals surface area contributed by atoms with Crippen LogP contribution in [0.4, 0.5) is 0 Å². The van der Waals surface area contributed by atoms with Crippen molar-refractivity contribution in [3.05, 3.63) is 48.0 Å². The van der Waals surface area contributed by atoms with Crippen molar-refractivity contribution in [1.29, 1.82) is 0 Å². The number of benzene rings is 1. The number of allylic oxidation sites excluding steroid dienone is 2. The number of nitrogens with one attached hydrogen (secondary N) is 1. The van der Waals surface area contributed by atoms with Crippen LogP contribution >= 0.6 is 0 Å². The summed E-state index contributed by atoms with van der Waals surface area (Å²) >= 11 is 0. The van der Waals surface area contributed by atoms with Gasteiger partial charge in [-0.3, -0.25) is 19.3 Å². The van der Waals surface area contributed by atoms with Crippen LogP contribution in [0.15, 0.2) is 42.5 Å². The highest BCUT2D eigenvalue weighted by molar-refractivity contribution is 6.05. The molecule has 2 aliphatic carbocycles. The van der Waals surface area contributed by atoms with E-state index in [-0.39, 0.29) is 47.9 Å². The minimum Gasteiger partial charge on any atom is -0.355 e. The number of hydrogen-bond donors (Lipinski definition) is 1. The van der Waals surface area contributed by atoms with Crippen molar-refractivity contribution in [1.82, 2.24) is 10.2 Å². The first-order chi connectivity index (χ1) is 14.1. The average molecular weight is 395 g/mol. The van der Waals surface area contributed by atoms with E-state index < -0.39 is 0 Å². The molecule has 0 spiro atoms. The van der Waals surface area contributed by atoms with Crippen LogP contribution in [0.5, 0.6) is 0 Å². The predicted octanol–water partition coefficient (Wildman–Crippen LogP) is 3.35. The number of fused-ring (bicyclic) bond motifs is 1. The number of nitrogens with zero attached hydrogens (tertiary/aromatic N) is 1. The molecule has 1 saturated carbocycles. The summed E-state index contributed by atoms with van der Waals surface area (Å²) in [7, 11) is 0. The second kappa shape index (κ2) is 8.52. The maximum Gasteiger partial charge on any atom is 0.233 e. The summed E-state index contributed by atoms with van der Waals surface area (Å²) in [6.45, 7) is 0.807. The lowest BCUT2D eigenvalue weighted by Gasteiger charge is -2.38. The Labute approximate surface area is 172 Å². The summed E-state index contributed by atoms with van der Waals surface area (Å²) in [6.07, 6.45) is 11.2. The molecular formula is C24H30N2O3. The summed E-state index contributed by atoms with van der Waals surface area (Å²) in [5.41, 5.74) is 1.29. The lowest BCUT2D eigenvalue weighted by molar-refractivity contribution is -0.140. The second-order valence-electron chi connectivity index (χ2n) is 8.72. The topological polar surface area (TPSA) is 66.5 Å². The smallest absolute Gasteiger partial charge is 0.233 e. The highest BCUT2D eigenvalue weighted by Crippen LogP contribution is 2.39. The van der Waals surface area contributed by atoms with Gasteiger partial charge < -0.3 is 5.32 Å². The van der Waals surface area contributed by atoms with Crippen LogP contribution in [0.1, 0.15) is 56.9 Å². The second-order valence-corrected chi connectivity index (χ2v) is 8.72. The third-order valence-electron chi connectivity index (χ3n) is 6.98. The predicted molar refractivity (Wildman–Crippen MR) is 111 cm³/mol. The molecule has 1 N–H and O–H groups in total. The zero-order valence-corrected chi connectivity index (χ0v) is 16.9. The van der Waals surface area contributed by atoms with Gasteiger partial charge in [-0.15, -0.1) is 0 Å². The van der Waals surface area contributed by atoms with Crippen molar-refractivity contribution in [2.24, 2.45) is 11.8 Å². The first-order valence-electron chi connectivity index (χ1n) is 10.9. The molecule has 1 heterocycles. The van der Waals surface area contributed by atoms with Gasteiger partial charge in [-0.1, -0.05) is 61.7 Å². The van der Waals surface area contributed by atoms with Crippen molar-refractivity contribution >= 4 is 17.7 Å². The molecule has 2 atom stereocenters. The molecule has 0 radical (unpaired) electrons. The molecule has 1 aromatic carbocycles. The van der Waals surface area contributed by atoms with Crippen molar-refractivity contribution in [3.63, 3.8) is 0 Å². The highest BCUT2D eigenvalue weighted by atomic mass is 16.2. The fourth-order valence-electron chi connectivity index (χ4n) is 5.25. The summed E-state index contributed by atoms with van der Waals surface area (Å²) in [5.74, 6) is -0.742. The van der Waals surface area contributed by atoms with E-state index in [4.69, 9.17) is 0 Å². The van der Waals surface area contributed by atoms with E-state index in [1.165, 1.54) is 29.7 Å². The third kappa shape index (κ3) is 4.00. The normalized spacial score (nSPS) is 25.7. The van der Waals surface area contributed by atoms with Crippen LogP contribution in [0, 0.1) is 11.8 Å². The number of imide groups is 1. The maximum atomic E-state index is 12.6. The molecule has 5 heteroatoms. The molecule has 2 fully saturated rings. The standard InChI is InChI=1S/C24H30N2O3/c27-21(13-16-26-22(28)19-11-5-6-12-20(19)23(26)29)25-17-24(14-7-2-8-15-24)18-9-3-1-4-10-18/h1,3-6,9-10,19-20H,2,7-8,11-17H2,(H,25,27)/t19-,20+. The summed E-state index contributed by atoms with van der Waals surface area (Å²) in [4.78, 5) is 39.0. The Morgan fingerprint density at radius 1 is 0.966 bits per heavy atom. The fourth-order valence-corrected chi connectivity index (χ4v) is 5.25. The van der Waals surface area contributed by atoms with Crippen LogP contribution in [0.3, 0.4) is 0 Å². The molecular weight excluding hydrogens is 364 g/mol. The van der Waals surface area contributed by atoms with E-state index in [2.05, 4.69) is 29.6 Å². The molecule has 0 aromatic heterocycles. The van der Waals surface area contributed by atoms with Crippen molar-refractivity contribution in [3.8, 4) is 0 Å². The number of carbonyl (C=O) groups is 3. The maximum absolute atomic E-state index is 12.6. The molecule has 5 nitrogen and oxygen atoms in total. The minimum atomic E-state index is -0.223. The van der Waals surface area contributed by atoms with E-state index in [9.17, 15) is 14.4 Å². The largest absolute Gasteiger partial charge is 0.355 e. The van der Waals surface area contributed by atoms with Gasteiger partial charge in [0.15, 0.2) is 0 Å². The van der Waals surface area contributed by atoms with Crippen LogP contribution < -0.4 is 5.32 Å². The lowest BCUT2D eigenvalue weighted by atomic mass is 9.69. The van der Waals surface area contributed by atoms with Gasteiger partial charge in [0.1, 0.15) is 0 Å². The van der Waals surface area contributed by atoms with Crippen molar-refractivity contribution < 1.29 is 14.4 Å². The molecule has 0 bridgehead atoms. The number of rotatable bonds is 6. The molecule has 3 amide bonds. The average Bonchev–Trinajstić information content (AvgIpc) is 3.02. The molecule has 154 valence electrons. The number of hydrogen-bond acceptors (Lipinski definition) is 3. The van der Waals surface area contributed by atoms with E-state index in [1.54, 1.807) is 0 Å². The van der Waals surface area contributed by atoms with E-state index in [0.717, 1.165) is 12.8 Å². The van der Waals surface area contributed by atoms with Gasteiger partial charge in [0.25, 0.3) is 0 Å². The first kappa shape index (κ1) is 19.9. The Bertz CT molecular complexity index is 770. The van der Waals surface area contributed by atoms with Crippen molar-refractivity contribution in [2.75, 3.05) is 13.1 Å². The van der Waals surface area contributed by atoms with Crippen LogP contribution in [0.25, 0.3) is 0 Å². The van der Waals surface area contributed by atoms with Gasteiger partial charge in [-0.2, -0.15) is 0 Å². The Hall–Kier alpha value is -2.43. The Morgan fingerprint density at radius 3 is 2.21 bits per heavy atom. The van der Waals surface area contributed by atoms with Gasteiger partial charge in [0, 0.05) is 24.9 Å². The quantitative estimate of drug-likeness (QED) is 0.594. The molecule has 1 saturated heterocycles. The van der Waals surface area contributed by atoms with E-state index in [1.807, 2.05) is 18.2 Å². The number of carbonyl (C=O) groups excluding carboxylic acids is 3. The number of amides is 3. The van der Waals surface area contributed by atoms with E-state index >= 15 is 0 Å². The van der Waals surface area contributed by atoms with Crippen molar-refractivity contribution in [2.45, 2.75) is 56.8 Å². The Morgan fingerprint density at radius 2 is 1.59 bits per heavy atom. The van der Waals surface area contributed by atoms with Crippen LogP contribution in [0.2, 0.25) is 0 Å². The Kier molecular flexibility index (Phi) is 5.84. The molecule has 3 aliphatic rings. The van der Waals surface area contributed by atoms with E-state index in [0.29, 0.717) is 19.4 Å². The summed E-state index contributed by atoms with van der Waals surface area (Å²) < 4.78 is 0. The zero-order valence-electron chi connectivity index (χ0n) is 16.9. The monoisotopic (exact) mass is 394 g/mol. The van der Waals surface area contributed by atoms with Gasteiger partial charge in [-0.25, -0.2) is 0 Å². The van der Waals surface area contributed by atoms with Crippen LogP contribution in [-0.2, 0) is 19.8 Å². The zero-order chi connectivity index (χ0) is 20.3.